The zero-order chi connectivity index (χ0) is 11.5. The largest absolute Gasteiger partial charge is 0.339 e. The van der Waals surface area contributed by atoms with E-state index >= 15 is 0 Å². The van der Waals surface area contributed by atoms with Crippen LogP contribution in [-0.2, 0) is 12.8 Å². The summed E-state index contributed by atoms with van der Waals surface area (Å²) in [4.78, 5) is 8.61. The minimum atomic E-state index is 0.0374. The standard InChI is InChI=1S/C10H14N4OS/c1-6(11)3-9-13-8(14-15-9)4-10-12-7(2)5-16-10/h5-6H,3-4,11H2,1-2H3. The zero-order valence-corrected chi connectivity index (χ0v) is 10.1. The molecule has 0 amide bonds. The van der Waals surface area contributed by atoms with Crippen LogP contribution in [0.25, 0.3) is 0 Å². The van der Waals surface area contributed by atoms with Crippen molar-refractivity contribution in [3.05, 3.63) is 27.8 Å². The highest BCUT2D eigenvalue weighted by Gasteiger charge is 2.10. The van der Waals surface area contributed by atoms with E-state index in [1.165, 1.54) is 0 Å². The van der Waals surface area contributed by atoms with E-state index in [0.29, 0.717) is 24.6 Å². The molecule has 2 rings (SSSR count). The van der Waals surface area contributed by atoms with Gasteiger partial charge in [0, 0.05) is 23.5 Å². The van der Waals surface area contributed by atoms with Gasteiger partial charge in [0.25, 0.3) is 0 Å². The molecule has 0 bridgehead atoms. The van der Waals surface area contributed by atoms with Gasteiger partial charge in [0.15, 0.2) is 5.82 Å². The maximum Gasteiger partial charge on any atom is 0.228 e. The fourth-order valence-corrected chi connectivity index (χ4v) is 2.11. The molecule has 1 unspecified atom stereocenters. The number of hydrogen-bond donors (Lipinski definition) is 1. The molecule has 2 aromatic heterocycles. The van der Waals surface area contributed by atoms with E-state index in [1.807, 2.05) is 19.2 Å². The summed E-state index contributed by atoms with van der Waals surface area (Å²) in [6.45, 7) is 3.88. The van der Waals surface area contributed by atoms with E-state index in [0.717, 1.165) is 10.7 Å². The third kappa shape index (κ3) is 2.86. The molecule has 6 heteroatoms. The van der Waals surface area contributed by atoms with Gasteiger partial charge >= 0.3 is 0 Å². The smallest absolute Gasteiger partial charge is 0.228 e. The van der Waals surface area contributed by atoms with Gasteiger partial charge < -0.3 is 10.3 Å². The molecule has 2 aromatic rings. The lowest BCUT2D eigenvalue weighted by Crippen LogP contribution is -2.17. The molecule has 5 nitrogen and oxygen atoms in total. The highest BCUT2D eigenvalue weighted by molar-refractivity contribution is 7.09. The summed E-state index contributed by atoms with van der Waals surface area (Å²) in [6, 6.07) is 0.0374. The lowest BCUT2D eigenvalue weighted by molar-refractivity contribution is 0.367. The van der Waals surface area contributed by atoms with Gasteiger partial charge in [0.05, 0.1) is 6.42 Å². The minimum Gasteiger partial charge on any atom is -0.339 e. The molecular formula is C10H14N4OS. The van der Waals surface area contributed by atoms with Gasteiger partial charge in [-0.2, -0.15) is 4.98 Å². The molecule has 0 radical (unpaired) electrons. The fourth-order valence-electron chi connectivity index (χ4n) is 1.34. The monoisotopic (exact) mass is 238 g/mol. The summed E-state index contributed by atoms with van der Waals surface area (Å²) >= 11 is 1.61. The van der Waals surface area contributed by atoms with Crippen molar-refractivity contribution in [1.82, 2.24) is 15.1 Å². The predicted molar refractivity (Wildman–Crippen MR) is 61.3 cm³/mol. The van der Waals surface area contributed by atoms with E-state index in [2.05, 4.69) is 15.1 Å². The molecule has 2 heterocycles. The van der Waals surface area contributed by atoms with Crippen molar-refractivity contribution in [2.75, 3.05) is 0 Å². The van der Waals surface area contributed by atoms with Gasteiger partial charge in [0.2, 0.25) is 5.89 Å². The molecule has 0 aromatic carbocycles. The molecule has 0 spiro atoms. The summed E-state index contributed by atoms with van der Waals surface area (Å²) < 4.78 is 5.09. The first-order chi connectivity index (χ1) is 7.63. The summed E-state index contributed by atoms with van der Waals surface area (Å²) in [5.74, 6) is 1.27. The minimum absolute atomic E-state index is 0.0374. The Bertz CT molecular complexity index is 463. The second-order valence-electron chi connectivity index (χ2n) is 3.85. The molecule has 86 valence electrons. The molecular weight excluding hydrogens is 224 g/mol. The lowest BCUT2D eigenvalue weighted by atomic mass is 10.2. The zero-order valence-electron chi connectivity index (χ0n) is 9.30. The first-order valence-corrected chi connectivity index (χ1v) is 5.99. The maximum atomic E-state index is 5.65. The average molecular weight is 238 g/mol. The van der Waals surface area contributed by atoms with Crippen molar-refractivity contribution in [3.63, 3.8) is 0 Å². The number of nitrogens with two attached hydrogens (primary N) is 1. The summed E-state index contributed by atoms with van der Waals surface area (Å²) in [7, 11) is 0. The van der Waals surface area contributed by atoms with Crippen LogP contribution >= 0.6 is 11.3 Å². The average Bonchev–Trinajstić information content (AvgIpc) is 2.76. The Morgan fingerprint density at radius 3 is 2.94 bits per heavy atom. The van der Waals surface area contributed by atoms with Crippen LogP contribution < -0.4 is 5.73 Å². The van der Waals surface area contributed by atoms with Crippen LogP contribution in [0.3, 0.4) is 0 Å². The first-order valence-electron chi connectivity index (χ1n) is 5.11. The topological polar surface area (TPSA) is 77.8 Å². The third-order valence-electron chi connectivity index (χ3n) is 1.98. The Kier molecular flexibility index (Phi) is 3.31. The highest BCUT2D eigenvalue weighted by atomic mass is 32.1. The van der Waals surface area contributed by atoms with E-state index in [4.69, 9.17) is 10.3 Å². The highest BCUT2D eigenvalue weighted by Crippen LogP contribution is 2.12. The van der Waals surface area contributed by atoms with E-state index in [-0.39, 0.29) is 6.04 Å². The molecule has 0 aliphatic heterocycles. The van der Waals surface area contributed by atoms with Crippen molar-refractivity contribution in [3.8, 4) is 0 Å². The Hall–Kier alpha value is -1.27. The molecule has 1 atom stereocenters. The Labute approximate surface area is 97.7 Å². The maximum absolute atomic E-state index is 5.65. The molecule has 16 heavy (non-hydrogen) atoms. The van der Waals surface area contributed by atoms with Gasteiger partial charge in [-0.15, -0.1) is 11.3 Å². The van der Waals surface area contributed by atoms with Crippen LogP contribution in [0, 0.1) is 6.92 Å². The van der Waals surface area contributed by atoms with Crippen molar-refractivity contribution >= 4 is 11.3 Å². The molecule has 0 fully saturated rings. The Morgan fingerprint density at radius 1 is 1.50 bits per heavy atom. The Balaban J connectivity index is 2.02. The molecule has 0 aliphatic carbocycles. The number of hydrogen-bond acceptors (Lipinski definition) is 6. The van der Waals surface area contributed by atoms with E-state index in [1.54, 1.807) is 11.3 Å². The van der Waals surface area contributed by atoms with Crippen LogP contribution in [0.5, 0.6) is 0 Å². The molecule has 0 saturated carbocycles. The van der Waals surface area contributed by atoms with Crippen LogP contribution in [-0.4, -0.2) is 21.2 Å². The fraction of sp³-hybridized carbons (Fsp3) is 0.500. The normalized spacial score (nSPS) is 12.9. The van der Waals surface area contributed by atoms with Crippen molar-refractivity contribution in [1.29, 1.82) is 0 Å². The van der Waals surface area contributed by atoms with Crippen molar-refractivity contribution in [2.24, 2.45) is 5.73 Å². The first kappa shape index (κ1) is 11.2. The number of thiazole rings is 1. The lowest BCUT2D eigenvalue weighted by Gasteiger charge is -1.96. The molecule has 0 saturated heterocycles. The second-order valence-corrected chi connectivity index (χ2v) is 4.79. The number of nitrogens with zero attached hydrogens (tertiary/aromatic N) is 3. The van der Waals surface area contributed by atoms with Crippen LogP contribution in [0.1, 0.15) is 29.3 Å². The predicted octanol–water partition coefficient (Wildman–Crippen LogP) is 1.32. The van der Waals surface area contributed by atoms with Gasteiger partial charge in [-0.25, -0.2) is 4.98 Å². The van der Waals surface area contributed by atoms with Gasteiger partial charge in [-0.3, -0.25) is 0 Å². The van der Waals surface area contributed by atoms with E-state index in [9.17, 15) is 0 Å². The van der Waals surface area contributed by atoms with Crippen LogP contribution in [0.2, 0.25) is 0 Å². The number of rotatable bonds is 4. The number of aromatic nitrogens is 3. The van der Waals surface area contributed by atoms with Gasteiger partial charge in [0.1, 0.15) is 5.01 Å². The van der Waals surface area contributed by atoms with Crippen LogP contribution in [0.4, 0.5) is 0 Å². The molecule has 2 N–H and O–H groups in total. The van der Waals surface area contributed by atoms with Crippen molar-refractivity contribution < 1.29 is 4.52 Å². The van der Waals surface area contributed by atoms with E-state index < -0.39 is 0 Å². The molecule has 0 aliphatic rings. The van der Waals surface area contributed by atoms with Crippen molar-refractivity contribution in [2.45, 2.75) is 32.7 Å². The summed E-state index contributed by atoms with van der Waals surface area (Å²) in [5.41, 5.74) is 6.68. The van der Waals surface area contributed by atoms with Gasteiger partial charge in [-0.1, -0.05) is 5.16 Å². The Morgan fingerprint density at radius 2 is 2.31 bits per heavy atom. The number of aryl methyl sites for hydroxylation is 1. The SMILES string of the molecule is Cc1csc(Cc2noc(CC(C)N)n2)n1. The quantitative estimate of drug-likeness (QED) is 0.869. The van der Waals surface area contributed by atoms with Gasteiger partial charge in [-0.05, 0) is 13.8 Å². The third-order valence-corrected chi connectivity index (χ3v) is 2.95. The second kappa shape index (κ2) is 4.71. The summed E-state index contributed by atoms with van der Waals surface area (Å²) in [6.07, 6.45) is 1.24. The summed E-state index contributed by atoms with van der Waals surface area (Å²) in [5, 5.41) is 6.92. The van der Waals surface area contributed by atoms with Crippen LogP contribution in [0.15, 0.2) is 9.90 Å².